The molecule has 0 saturated carbocycles. The van der Waals surface area contributed by atoms with Crippen LogP contribution < -0.4 is 0 Å². The molecule has 1 aliphatic heterocycles. The number of rotatable bonds is 7. The molecule has 0 saturated heterocycles. The summed E-state index contributed by atoms with van der Waals surface area (Å²) in [5.74, 6) is -2.55. The lowest BCUT2D eigenvalue weighted by atomic mass is 10.0. The molecule has 0 spiro atoms. The molecule has 1 aliphatic rings. The number of hydrogen-bond donors (Lipinski definition) is 0. The van der Waals surface area contributed by atoms with Gasteiger partial charge in [-0.15, -0.1) is 0 Å². The highest BCUT2D eigenvalue weighted by molar-refractivity contribution is 9.09. The van der Waals surface area contributed by atoms with Crippen LogP contribution in [0.1, 0.15) is 20.8 Å². The quantitative estimate of drug-likeness (QED) is 0.353. The Morgan fingerprint density at radius 1 is 1.13 bits per heavy atom. The largest absolute Gasteiger partial charge is 0.458 e. The van der Waals surface area contributed by atoms with Crippen LogP contribution in [0.3, 0.4) is 0 Å². The molecule has 1 heterocycles. The number of alkyl halides is 1. The van der Waals surface area contributed by atoms with E-state index in [1.54, 1.807) is 0 Å². The summed E-state index contributed by atoms with van der Waals surface area (Å²) in [6.45, 7) is 3.51. The standard InChI is InChI=1S/C14H17BrO8/c1-7(16)20-11(6-15)14(22-9(3)18)13(21-8(2)17)10-4-5-12(19)23-10/h4-5,10-11,13-14H,6H2,1-3H3/t10-,11+,13+,14-/m1/s1. The summed E-state index contributed by atoms with van der Waals surface area (Å²) in [4.78, 5) is 45.2. The summed E-state index contributed by atoms with van der Waals surface area (Å²) in [6, 6.07) is 0. The van der Waals surface area contributed by atoms with E-state index >= 15 is 0 Å². The third-order valence-corrected chi connectivity index (χ3v) is 3.40. The van der Waals surface area contributed by atoms with Crippen LogP contribution in [0.2, 0.25) is 0 Å². The second kappa shape index (κ2) is 8.66. The van der Waals surface area contributed by atoms with Crippen molar-refractivity contribution in [2.24, 2.45) is 0 Å². The van der Waals surface area contributed by atoms with E-state index in [9.17, 15) is 19.2 Å². The molecule has 0 bridgehead atoms. The molecular weight excluding hydrogens is 376 g/mol. The summed E-state index contributed by atoms with van der Waals surface area (Å²) in [5, 5.41) is 0.118. The maximum Gasteiger partial charge on any atom is 0.331 e. The summed E-state index contributed by atoms with van der Waals surface area (Å²) in [7, 11) is 0. The average molecular weight is 393 g/mol. The minimum absolute atomic E-state index is 0.118. The van der Waals surface area contributed by atoms with Gasteiger partial charge < -0.3 is 18.9 Å². The maximum absolute atomic E-state index is 11.4. The molecule has 0 aliphatic carbocycles. The monoisotopic (exact) mass is 392 g/mol. The van der Waals surface area contributed by atoms with E-state index in [-0.39, 0.29) is 5.33 Å². The first-order valence-corrected chi connectivity index (χ1v) is 7.83. The van der Waals surface area contributed by atoms with Crippen molar-refractivity contribution in [2.45, 2.75) is 45.2 Å². The van der Waals surface area contributed by atoms with Crippen LogP contribution in [0.5, 0.6) is 0 Å². The van der Waals surface area contributed by atoms with E-state index in [2.05, 4.69) is 15.9 Å². The topological polar surface area (TPSA) is 105 Å². The van der Waals surface area contributed by atoms with Gasteiger partial charge in [0.05, 0.1) is 0 Å². The average Bonchev–Trinajstić information content (AvgIpc) is 2.85. The van der Waals surface area contributed by atoms with E-state index < -0.39 is 48.3 Å². The van der Waals surface area contributed by atoms with Gasteiger partial charge in [-0.25, -0.2) is 4.79 Å². The molecule has 4 atom stereocenters. The van der Waals surface area contributed by atoms with E-state index in [1.165, 1.54) is 19.1 Å². The van der Waals surface area contributed by atoms with Gasteiger partial charge in [0.25, 0.3) is 0 Å². The second-order valence-electron chi connectivity index (χ2n) is 4.71. The van der Waals surface area contributed by atoms with Crippen molar-refractivity contribution in [1.82, 2.24) is 0 Å². The molecule has 0 fully saturated rings. The van der Waals surface area contributed by atoms with E-state index in [0.717, 1.165) is 13.8 Å². The van der Waals surface area contributed by atoms with E-state index in [1.807, 2.05) is 0 Å². The molecule has 9 heteroatoms. The van der Waals surface area contributed by atoms with Gasteiger partial charge in [0.2, 0.25) is 0 Å². The first-order chi connectivity index (χ1) is 10.7. The normalized spacial score (nSPS) is 20.2. The van der Waals surface area contributed by atoms with Crippen molar-refractivity contribution in [3.05, 3.63) is 12.2 Å². The number of esters is 4. The summed E-state index contributed by atoms with van der Waals surface area (Å²) in [5.41, 5.74) is 0. The van der Waals surface area contributed by atoms with Crippen LogP contribution in [0.4, 0.5) is 0 Å². The Morgan fingerprint density at radius 2 is 1.70 bits per heavy atom. The number of carbonyl (C=O) groups is 4. The van der Waals surface area contributed by atoms with Crippen molar-refractivity contribution in [2.75, 3.05) is 5.33 Å². The molecule has 0 aromatic carbocycles. The Balaban J connectivity index is 3.11. The van der Waals surface area contributed by atoms with Crippen molar-refractivity contribution in [3.63, 3.8) is 0 Å². The molecule has 8 nitrogen and oxygen atoms in total. The van der Waals surface area contributed by atoms with Gasteiger partial charge in [0.15, 0.2) is 24.4 Å². The number of ether oxygens (including phenoxy) is 4. The van der Waals surface area contributed by atoms with Crippen molar-refractivity contribution in [3.8, 4) is 0 Å². The number of carbonyl (C=O) groups excluding carboxylic acids is 4. The smallest absolute Gasteiger partial charge is 0.331 e. The maximum atomic E-state index is 11.4. The lowest BCUT2D eigenvalue weighted by Gasteiger charge is -2.33. The van der Waals surface area contributed by atoms with Crippen LogP contribution in [-0.2, 0) is 38.1 Å². The van der Waals surface area contributed by atoms with Crippen molar-refractivity contribution in [1.29, 1.82) is 0 Å². The highest BCUT2D eigenvalue weighted by Gasteiger charge is 2.43. The predicted octanol–water partition coefficient (Wildman–Crippen LogP) is 0.658. The Bertz CT molecular complexity index is 515. The van der Waals surface area contributed by atoms with E-state index in [4.69, 9.17) is 18.9 Å². The first kappa shape index (κ1) is 19.1. The number of hydrogen-bond acceptors (Lipinski definition) is 8. The zero-order valence-corrected chi connectivity index (χ0v) is 14.4. The van der Waals surface area contributed by atoms with Crippen LogP contribution in [0.25, 0.3) is 0 Å². The molecule has 23 heavy (non-hydrogen) atoms. The number of halogens is 1. The Labute approximate surface area is 141 Å². The summed E-state index contributed by atoms with van der Waals surface area (Å²) >= 11 is 3.16. The molecule has 1 rings (SSSR count). The summed E-state index contributed by atoms with van der Waals surface area (Å²) < 4.78 is 20.4. The fraction of sp³-hybridized carbons (Fsp3) is 0.571. The van der Waals surface area contributed by atoms with Gasteiger partial charge in [-0.2, -0.15) is 0 Å². The molecule has 0 amide bonds. The Hall–Kier alpha value is -1.90. The van der Waals surface area contributed by atoms with Gasteiger partial charge in [-0.3, -0.25) is 14.4 Å². The van der Waals surface area contributed by atoms with Gasteiger partial charge >= 0.3 is 23.9 Å². The lowest BCUT2D eigenvalue weighted by Crippen LogP contribution is -2.50. The van der Waals surface area contributed by atoms with E-state index in [0.29, 0.717) is 0 Å². The van der Waals surface area contributed by atoms with Crippen molar-refractivity contribution >= 4 is 39.8 Å². The fourth-order valence-electron chi connectivity index (χ4n) is 2.02. The second-order valence-corrected chi connectivity index (χ2v) is 5.36. The molecular formula is C14H17BrO8. The SMILES string of the molecule is CC(=O)O[C@H]([C@H](OC(C)=O)[C@H](CBr)OC(C)=O)[C@H]1C=CC(=O)O1. The Kier molecular flexibility index (Phi) is 7.21. The van der Waals surface area contributed by atoms with Gasteiger partial charge in [0.1, 0.15) is 0 Å². The minimum Gasteiger partial charge on any atom is -0.458 e. The first-order valence-electron chi connectivity index (χ1n) is 6.71. The zero-order valence-electron chi connectivity index (χ0n) is 12.8. The molecule has 128 valence electrons. The fourth-order valence-corrected chi connectivity index (χ4v) is 2.52. The molecule has 0 aromatic heterocycles. The molecule has 0 aromatic rings. The third-order valence-electron chi connectivity index (χ3n) is 2.76. The van der Waals surface area contributed by atoms with Gasteiger partial charge in [-0.05, 0) is 6.08 Å². The lowest BCUT2D eigenvalue weighted by molar-refractivity contribution is -0.190. The molecule has 0 radical (unpaired) electrons. The van der Waals surface area contributed by atoms with Crippen LogP contribution >= 0.6 is 15.9 Å². The van der Waals surface area contributed by atoms with Crippen molar-refractivity contribution < 1.29 is 38.1 Å². The highest BCUT2D eigenvalue weighted by atomic mass is 79.9. The zero-order chi connectivity index (χ0) is 17.6. The number of cyclic esters (lactones) is 1. The molecule has 0 N–H and O–H groups in total. The predicted molar refractivity (Wildman–Crippen MR) is 79.5 cm³/mol. The van der Waals surface area contributed by atoms with Gasteiger partial charge in [-0.1, -0.05) is 15.9 Å². The van der Waals surface area contributed by atoms with Crippen LogP contribution in [-0.4, -0.2) is 53.6 Å². The van der Waals surface area contributed by atoms with Gasteiger partial charge in [0, 0.05) is 32.2 Å². The minimum atomic E-state index is -1.15. The highest BCUT2D eigenvalue weighted by Crippen LogP contribution is 2.23. The third kappa shape index (κ3) is 6.01. The molecule has 0 unspecified atom stereocenters. The summed E-state index contributed by atoms with van der Waals surface area (Å²) in [6.07, 6.45) is -1.64. The van der Waals surface area contributed by atoms with Crippen LogP contribution in [0.15, 0.2) is 12.2 Å². The van der Waals surface area contributed by atoms with Crippen LogP contribution in [0, 0.1) is 0 Å². The Morgan fingerprint density at radius 3 is 2.09 bits per heavy atom.